The van der Waals surface area contributed by atoms with E-state index >= 15 is 0 Å². The van der Waals surface area contributed by atoms with Crippen molar-refractivity contribution in [3.63, 3.8) is 0 Å². The van der Waals surface area contributed by atoms with Gasteiger partial charge in [0.1, 0.15) is 5.82 Å². The van der Waals surface area contributed by atoms with Crippen LogP contribution in [-0.4, -0.2) is 18.1 Å². The summed E-state index contributed by atoms with van der Waals surface area (Å²) in [6.45, 7) is 3.17. The number of benzene rings is 1. The van der Waals surface area contributed by atoms with Gasteiger partial charge in [0, 0.05) is 12.6 Å². The summed E-state index contributed by atoms with van der Waals surface area (Å²) >= 11 is 6.34. The van der Waals surface area contributed by atoms with E-state index in [1.54, 1.807) is 0 Å². The zero-order valence-electron chi connectivity index (χ0n) is 10.8. The fourth-order valence-corrected chi connectivity index (χ4v) is 1.94. The molecular formula is C15H17ClN2O. The van der Waals surface area contributed by atoms with Gasteiger partial charge in [-0.15, -0.1) is 11.6 Å². The lowest BCUT2D eigenvalue weighted by atomic mass is 10.1. The lowest BCUT2D eigenvalue weighted by molar-refractivity contribution is 0.327. The van der Waals surface area contributed by atoms with Gasteiger partial charge in [0.05, 0.1) is 12.0 Å². The second kappa shape index (κ2) is 7.00. The number of aromatic nitrogens is 1. The van der Waals surface area contributed by atoms with Crippen molar-refractivity contribution in [3.05, 3.63) is 54.1 Å². The van der Waals surface area contributed by atoms with Gasteiger partial charge in [0.2, 0.25) is 5.88 Å². The van der Waals surface area contributed by atoms with Gasteiger partial charge in [0.25, 0.3) is 0 Å². The van der Waals surface area contributed by atoms with Crippen molar-refractivity contribution >= 4 is 17.4 Å². The van der Waals surface area contributed by atoms with Crippen LogP contribution in [0.15, 0.2) is 48.5 Å². The van der Waals surface area contributed by atoms with Crippen LogP contribution in [0.2, 0.25) is 0 Å². The Bertz CT molecular complexity index is 505. The minimum Gasteiger partial charge on any atom is -0.478 e. The van der Waals surface area contributed by atoms with Crippen LogP contribution in [0, 0.1) is 0 Å². The second-order valence-corrected chi connectivity index (χ2v) is 4.58. The number of alkyl halides is 1. The van der Waals surface area contributed by atoms with E-state index in [0.717, 1.165) is 11.4 Å². The quantitative estimate of drug-likeness (QED) is 0.813. The Kier molecular flexibility index (Phi) is 5.04. The van der Waals surface area contributed by atoms with E-state index in [2.05, 4.69) is 10.3 Å². The normalized spacial score (nSPS) is 11.9. The van der Waals surface area contributed by atoms with Crippen molar-refractivity contribution in [2.75, 3.05) is 18.5 Å². The summed E-state index contributed by atoms with van der Waals surface area (Å²) in [6, 6.07) is 15.6. The highest BCUT2D eigenvalue weighted by molar-refractivity contribution is 6.21. The average molecular weight is 277 g/mol. The van der Waals surface area contributed by atoms with Gasteiger partial charge in [-0.25, -0.2) is 0 Å². The zero-order valence-corrected chi connectivity index (χ0v) is 11.6. The summed E-state index contributed by atoms with van der Waals surface area (Å²) in [7, 11) is 0. The maximum absolute atomic E-state index is 6.34. The van der Waals surface area contributed by atoms with Gasteiger partial charge in [-0.2, -0.15) is 4.98 Å². The monoisotopic (exact) mass is 276 g/mol. The zero-order chi connectivity index (χ0) is 13.5. The molecule has 1 N–H and O–H groups in total. The second-order valence-electron chi connectivity index (χ2n) is 4.05. The molecule has 0 saturated heterocycles. The highest BCUT2D eigenvalue weighted by Gasteiger charge is 2.07. The highest BCUT2D eigenvalue weighted by Crippen LogP contribution is 2.20. The molecule has 2 rings (SSSR count). The molecule has 0 saturated carbocycles. The molecule has 2 aromatic rings. The van der Waals surface area contributed by atoms with Gasteiger partial charge in [-0.1, -0.05) is 36.4 Å². The average Bonchev–Trinajstić information content (AvgIpc) is 2.46. The van der Waals surface area contributed by atoms with Gasteiger partial charge >= 0.3 is 0 Å². The molecule has 1 aromatic heterocycles. The molecule has 0 amide bonds. The minimum absolute atomic E-state index is 0.0845. The Morgan fingerprint density at radius 3 is 2.68 bits per heavy atom. The lowest BCUT2D eigenvalue weighted by Crippen LogP contribution is -2.09. The maximum Gasteiger partial charge on any atom is 0.215 e. The molecule has 1 heterocycles. The van der Waals surface area contributed by atoms with Crippen molar-refractivity contribution in [1.29, 1.82) is 0 Å². The van der Waals surface area contributed by atoms with E-state index in [4.69, 9.17) is 16.3 Å². The van der Waals surface area contributed by atoms with Crippen molar-refractivity contribution in [2.45, 2.75) is 12.3 Å². The fourth-order valence-electron chi connectivity index (χ4n) is 1.72. The number of nitrogens with zero attached hydrogens (tertiary/aromatic N) is 1. The number of anilines is 1. The molecule has 0 aliphatic carbocycles. The van der Waals surface area contributed by atoms with Crippen LogP contribution in [0.1, 0.15) is 17.9 Å². The molecule has 1 aromatic carbocycles. The van der Waals surface area contributed by atoms with Crippen molar-refractivity contribution in [2.24, 2.45) is 0 Å². The summed E-state index contributed by atoms with van der Waals surface area (Å²) in [4.78, 5) is 4.34. The number of ether oxygens (including phenoxy) is 1. The Morgan fingerprint density at radius 2 is 1.95 bits per heavy atom. The van der Waals surface area contributed by atoms with E-state index in [9.17, 15) is 0 Å². The first-order valence-corrected chi connectivity index (χ1v) is 6.76. The van der Waals surface area contributed by atoms with Crippen molar-refractivity contribution < 1.29 is 4.74 Å². The minimum atomic E-state index is -0.0845. The number of hydrogen-bond donors (Lipinski definition) is 1. The molecule has 19 heavy (non-hydrogen) atoms. The van der Waals surface area contributed by atoms with Crippen LogP contribution in [0.5, 0.6) is 5.88 Å². The molecule has 0 bridgehead atoms. The summed E-state index contributed by atoms with van der Waals surface area (Å²) in [6.07, 6.45) is 0. The Labute approximate surface area is 118 Å². The molecule has 0 aliphatic heterocycles. The van der Waals surface area contributed by atoms with E-state index in [1.165, 1.54) is 0 Å². The molecule has 100 valence electrons. The summed E-state index contributed by atoms with van der Waals surface area (Å²) < 4.78 is 5.35. The van der Waals surface area contributed by atoms with Crippen LogP contribution in [-0.2, 0) is 0 Å². The molecule has 3 nitrogen and oxygen atoms in total. The summed E-state index contributed by atoms with van der Waals surface area (Å²) in [5, 5.41) is 3.13. The lowest BCUT2D eigenvalue weighted by Gasteiger charge is -2.12. The third kappa shape index (κ3) is 4.14. The van der Waals surface area contributed by atoms with Crippen molar-refractivity contribution in [3.8, 4) is 5.88 Å². The van der Waals surface area contributed by atoms with E-state index in [-0.39, 0.29) is 5.38 Å². The molecule has 1 unspecified atom stereocenters. The molecule has 0 aliphatic rings. The largest absolute Gasteiger partial charge is 0.478 e. The number of pyridine rings is 1. The van der Waals surface area contributed by atoms with Crippen LogP contribution < -0.4 is 10.1 Å². The number of rotatable bonds is 6. The third-order valence-electron chi connectivity index (χ3n) is 2.64. The van der Waals surface area contributed by atoms with Gasteiger partial charge in [-0.05, 0) is 18.6 Å². The van der Waals surface area contributed by atoms with Gasteiger partial charge < -0.3 is 10.1 Å². The molecule has 4 heteroatoms. The fraction of sp³-hybridized carbons (Fsp3) is 0.267. The van der Waals surface area contributed by atoms with E-state index < -0.39 is 0 Å². The smallest absolute Gasteiger partial charge is 0.215 e. The molecule has 0 radical (unpaired) electrons. The maximum atomic E-state index is 6.34. The molecule has 1 atom stereocenters. The van der Waals surface area contributed by atoms with Crippen LogP contribution in [0.3, 0.4) is 0 Å². The first kappa shape index (κ1) is 13.7. The third-order valence-corrected chi connectivity index (χ3v) is 3.05. The van der Waals surface area contributed by atoms with E-state index in [0.29, 0.717) is 19.0 Å². The Morgan fingerprint density at radius 1 is 1.16 bits per heavy atom. The number of nitrogens with one attached hydrogen (secondary N) is 1. The number of halogens is 1. The predicted molar refractivity (Wildman–Crippen MR) is 78.9 cm³/mol. The molecular weight excluding hydrogens is 260 g/mol. The summed E-state index contributed by atoms with van der Waals surface area (Å²) in [5.41, 5.74) is 1.10. The highest BCUT2D eigenvalue weighted by atomic mass is 35.5. The van der Waals surface area contributed by atoms with Crippen molar-refractivity contribution in [1.82, 2.24) is 4.98 Å². The first-order valence-electron chi connectivity index (χ1n) is 6.32. The SMILES string of the molecule is CCOc1cccc(NCC(Cl)c2ccccc2)n1. The van der Waals surface area contributed by atoms with E-state index in [1.807, 2.05) is 55.5 Å². The van der Waals surface area contributed by atoms with Gasteiger partial charge in [-0.3, -0.25) is 0 Å². The predicted octanol–water partition coefficient (Wildman–Crippen LogP) is 3.87. The number of hydrogen-bond acceptors (Lipinski definition) is 3. The van der Waals surface area contributed by atoms with Crippen LogP contribution in [0.4, 0.5) is 5.82 Å². The first-order chi connectivity index (χ1) is 9.29. The standard InChI is InChI=1S/C15H17ClN2O/c1-2-19-15-10-6-9-14(18-15)17-11-13(16)12-7-4-3-5-8-12/h3-10,13H,2,11H2,1H3,(H,17,18). The molecule has 0 spiro atoms. The van der Waals surface area contributed by atoms with Gasteiger partial charge in [0.15, 0.2) is 0 Å². The summed E-state index contributed by atoms with van der Waals surface area (Å²) in [5.74, 6) is 1.39. The van der Waals surface area contributed by atoms with Crippen LogP contribution in [0.25, 0.3) is 0 Å². The topological polar surface area (TPSA) is 34.1 Å². The van der Waals surface area contributed by atoms with Crippen LogP contribution >= 0.6 is 11.6 Å². The Hall–Kier alpha value is -1.74. The molecule has 0 fully saturated rings. The Balaban J connectivity index is 1.93.